The summed E-state index contributed by atoms with van der Waals surface area (Å²) in [6.07, 6.45) is 8.78. The summed E-state index contributed by atoms with van der Waals surface area (Å²) in [5.41, 5.74) is 2.77. The molecule has 132 valence electrons. The van der Waals surface area contributed by atoms with Crippen LogP contribution in [0.5, 0.6) is 0 Å². The summed E-state index contributed by atoms with van der Waals surface area (Å²) in [5, 5.41) is 3.48. The summed E-state index contributed by atoms with van der Waals surface area (Å²) < 4.78 is 0. The molecule has 1 saturated carbocycles. The van der Waals surface area contributed by atoms with Gasteiger partial charge in [0, 0.05) is 20.1 Å². The monoisotopic (exact) mass is 337 g/mol. The molecule has 1 aromatic carbocycles. The zero-order chi connectivity index (χ0) is 17.1. The molecule has 2 aliphatic rings. The van der Waals surface area contributed by atoms with Gasteiger partial charge in [-0.3, -0.25) is 4.99 Å². The van der Waals surface area contributed by atoms with E-state index < -0.39 is 0 Å². The molecular formula is C20H27N5. The topological polar surface area (TPSA) is 56.3 Å². The van der Waals surface area contributed by atoms with Crippen molar-refractivity contribution < 1.29 is 0 Å². The number of nitrogens with zero attached hydrogens (tertiary/aromatic N) is 3. The van der Waals surface area contributed by atoms with Crippen molar-refractivity contribution in [1.82, 2.24) is 20.2 Å². The molecule has 1 saturated heterocycles. The third-order valence-electron chi connectivity index (χ3n) is 5.74. The van der Waals surface area contributed by atoms with Crippen LogP contribution in [-0.2, 0) is 6.54 Å². The first-order chi connectivity index (χ1) is 12.3. The van der Waals surface area contributed by atoms with Crippen LogP contribution in [0.25, 0.3) is 11.3 Å². The van der Waals surface area contributed by atoms with Crippen molar-refractivity contribution in [2.75, 3.05) is 20.1 Å². The Kier molecular flexibility index (Phi) is 4.47. The van der Waals surface area contributed by atoms with E-state index in [1.807, 2.05) is 31.4 Å². The Morgan fingerprint density at radius 2 is 2.04 bits per heavy atom. The van der Waals surface area contributed by atoms with Gasteiger partial charge in [-0.1, -0.05) is 43.2 Å². The lowest BCUT2D eigenvalue weighted by molar-refractivity contribution is 0.309. The molecule has 1 aromatic heterocycles. The molecule has 2 N–H and O–H groups in total. The Bertz CT molecular complexity index is 728. The lowest BCUT2D eigenvalue weighted by Gasteiger charge is -2.25. The van der Waals surface area contributed by atoms with Crippen LogP contribution in [0.15, 0.2) is 41.5 Å². The Morgan fingerprint density at radius 1 is 1.24 bits per heavy atom. The van der Waals surface area contributed by atoms with Crippen LogP contribution < -0.4 is 5.32 Å². The molecule has 2 heterocycles. The molecule has 5 heteroatoms. The normalized spacial score (nSPS) is 19.7. The molecule has 25 heavy (non-hydrogen) atoms. The second-order valence-corrected chi connectivity index (χ2v) is 7.39. The lowest BCUT2D eigenvalue weighted by atomic mass is 9.86. The molecule has 2 fully saturated rings. The fraction of sp³-hybridized carbons (Fsp3) is 0.500. The number of likely N-dealkylation sites (tertiary alicyclic amines) is 1. The van der Waals surface area contributed by atoms with Gasteiger partial charge in [-0.15, -0.1) is 0 Å². The summed E-state index contributed by atoms with van der Waals surface area (Å²) in [6, 6.07) is 10.3. The molecule has 0 unspecified atom stereocenters. The van der Waals surface area contributed by atoms with E-state index in [1.165, 1.54) is 32.1 Å². The Balaban J connectivity index is 1.37. The highest BCUT2D eigenvalue weighted by atomic mass is 15.3. The van der Waals surface area contributed by atoms with Crippen LogP contribution in [0.1, 0.15) is 37.9 Å². The van der Waals surface area contributed by atoms with Gasteiger partial charge >= 0.3 is 0 Å². The van der Waals surface area contributed by atoms with E-state index in [4.69, 9.17) is 0 Å². The van der Waals surface area contributed by atoms with E-state index in [2.05, 4.69) is 37.3 Å². The van der Waals surface area contributed by atoms with E-state index >= 15 is 0 Å². The quantitative estimate of drug-likeness (QED) is 0.666. The summed E-state index contributed by atoms with van der Waals surface area (Å²) in [5.74, 6) is 1.94. The number of rotatable bonds is 3. The SMILES string of the molecule is CN=C(NCc1ncc(-c2ccccc2)[nH]1)N1CCC2(CCCC2)C1. The van der Waals surface area contributed by atoms with Gasteiger partial charge in [-0.2, -0.15) is 0 Å². The molecule has 4 rings (SSSR count). The lowest BCUT2D eigenvalue weighted by Crippen LogP contribution is -2.40. The number of hydrogen-bond acceptors (Lipinski definition) is 2. The molecule has 2 aromatic rings. The summed E-state index contributed by atoms with van der Waals surface area (Å²) in [7, 11) is 1.87. The van der Waals surface area contributed by atoms with Gasteiger partial charge in [-0.05, 0) is 30.2 Å². The maximum absolute atomic E-state index is 4.50. The zero-order valence-electron chi connectivity index (χ0n) is 15.0. The van der Waals surface area contributed by atoms with Gasteiger partial charge in [0.25, 0.3) is 0 Å². The number of H-pyrrole nitrogens is 1. The van der Waals surface area contributed by atoms with E-state index in [1.54, 1.807) is 0 Å². The van der Waals surface area contributed by atoms with Crippen molar-refractivity contribution in [1.29, 1.82) is 0 Å². The number of benzene rings is 1. The molecule has 1 aliphatic carbocycles. The van der Waals surface area contributed by atoms with Crippen LogP contribution in [0.3, 0.4) is 0 Å². The second kappa shape index (κ2) is 6.90. The smallest absolute Gasteiger partial charge is 0.194 e. The average molecular weight is 337 g/mol. The Hall–Kier alpha value is -2.30. The highest BCUT2D eigenvalue weighted by Crippen LogP contribution is 2.45. The minimum Gasteiger partial charge on any atom is -0.349 e. The summed E-state index contributed by atoms with van der Waals surface area (Å²) in [4.78, 5) is 14.8. The summed E-state index contributed by atoms with van der Waals surface area (Å²) in [6.45, 7) is 2.94. The molecule has 1 spiro atoms. The third-order valence-corrected chi connectivity index (χ3v) is 5.74. The number of aromatic amines is 1. The fourth-order valence-corrected chi connectivity index (χ4v) is 4.36. The van der Waals surface area contributed by atoms with E-state index in [-0.39, 0.29) is 0 Å². The average Bonchev–Trinajstić information content (AvgIpc) is 3.39. The third kappa shape index (κ3) is 3.41. The number of aromatic nitrogens is 2. The van der Waals surface area contributed by atoms with E-state index in [9.17, 15) is 0 Å². The van der Waals surface area contributed by atoms with Crippen LogP contribution in [0.4, 0.5) is 0 Å². The largest absolute Gasteiger partial charge is 0.349 e. The molecule has 1 aliphatic heterocycles. The van der Waals surface area contributed by atoms with Crippen molar-refractivity contribution in [3.8, 4) is 11.3 Å². The predicted molar refractivity (Wildman–Crippen MR) is 101 cm³/mol. The van der Waals surface area contributed by atoms with Gasteiger partial charge in [-0.25, -0.2) is 4.98 Å². The van der Waals surface area contributed by atoms with Crippen molar-refractivity contribution in [2.24, 2.45) is 10.4 Å². The van der Waals surface area contributed by atoms with Crippen LogP contribution in [0, 0.1) is 5.41 Å². The van der Waals surface area contributed by atoms with E-state index in [0.29, 0.717) is 12.0 Å². The molecule has 0 radical (unpaired) electrons. The van der Waals surface area contributed by atoms with Gasteiger partial charge in [0.2, 0.25) is 0 Å². The number of nitrogens with one attached hydrogen (secondary N) is 2. The Labute approximate surface area is 149 Å². The van der Waals surface area contributed by atoms with Gasteiger partial charge in [0.05, 0.1) is 18.4 Å². The number of guanidine groups is 1. The van der Waals surface area contributed by atoms with Crippen LogP contribution in [-0.4, -0.2) is 41.0 Å². The van der Waals surface area contributed by atoms with Crippen LogP contribution in [0.2, 0.25) is 0 Å². The summed E-state index contributed by atoms with van der Waals surface area (Å²) >= 11 is 0. The molecule has 5 nitrogen and oxygen atoms in total. The van der Waals surface area contributed by atoms with Crippen molar-refractivity contribution in [2.45, 2.75) is 38.6 Å². The molecule has 0 amide bonds. The second-order valence-electron chi connectivity index (χ2n) is 7.39. The zero-order valence-corrected chi connectivity index (χ0v) is 15.0. The van der Waals surface area contributed by atoms with Crippen LogP contribution >= 0.6 is 0 Å². The number of imidazole rings is 1. The minimum absolute atomic E-state index is 0.558. The number of aliphatic imine (C=N–C) groups is 1. The first kappa shape index (κ1) is 16.2. The van der Waals surface area contributed by atoms with Gasteiger partial charge in [0.15, 0.2) is 5.96 Å². The van der Waals surface area contributed by atoms with Gasteiger partial charge in [0.1, 0.15) is 5.82 Å². The van der Waals surface area contributed by atoms with Gasteiger partial charge < -0.3 is 15.2 Å². The first-order valence-corrected chi connectivity index (χ1v) is 9.33. The standard InChI is InChI=1S/C20H27N5/c1-21-19(25-12-11-20(15-25)9-5-6-10-20)23-14-18-22-13-17(24-18)16-7-3-2-4-8-16/h2-4,7-8,13H,5-6,9-12,14-15H2,1H3,(H,21,23)(H,22,24). The first-order valence-electron chi connectivity index (χ1n) is 9.33. The maximum Gasteiger partial charge on any atom is 0.194 e. The van der Waals surface area contributed by atoms with Crippen molar-refractivity contribution in [3.05, 3.63) is 42.4 Å². The highest BCUT2D eigenvalue weighted by molar-refractivity contribution is 5.80. The maximum atomic E-state index is 4.50. The minimum atomic E-state index is 0.558. The molecular weight excluding hydrogens is 310 g/mol. The highest BCUT2D eigenvalue weighted by Gasteiger charge is 2.41. The van der Waals surface area contributed by atoms with Crippen molar-refractivity contribution in [3.63, 3.8) is 0 Å². The van der Waals surface area contributed by atoms with Crippen molar-refractivity contribution >= 4 is 5.96 Å². The van der Waals surface area contributed by atoms with E-state index in [0.717, 1.165) is 36.1 Å². The predicted octanol–water partition coefficient (Wildman–Crippen LogP) is 3.42. The molecule has 0 atom stereocenters. The number of hydrogen-bond donors (Lipinski definition) is 2. The fourth-order valence-electron chi connectivity index (χ4n) is 4.36. The molecule has 0 bridgehead atoms. The Morgan fingerprint density at radius 3 is 2.80 bits per heavy atom.